The van der Waals surface area contributed by atoms with Gasteiger partial charge in [-0.25, -0.2) is 9.78 Å². The molecule has 23 heavy (non-hydrogen) atoms. The lowest BCUT2D eigenvalue weighted by atomic mass is 10.2. The van der Waals surface area contributed by atoms with Gasteiger partial charge in [0.05, 0.1) is 12.1 Å². The van der Waals surface area contributed by atoms with Crippen LogP contribution in [-0.2, 0) is 11.2 Å². The highest BCUT2D eigenvalue weighted by Crippen LogP contribution is 2.19. The van der Waals surface area contributed by atoms with Gasteiger partial charge in [0, 0.05) is 18.0 Å². The van der Waals surface area contributed by atoms with Crippen molar-refractivity contribution < 1.29 is 9.59 Å². The Labute approximate surface area is 141 Å². The third-order valence-electron chi connectivity index (χ3n) is 3.91. The molecule has 3 N–H and O–H groups in total. The van der Waals surface area contributed by atoms with E-state index in [9.17, 15) is 9.59 Å². The van der Waals surface area contributed by atoms with Crippen molar-refractivity contribution >= 4 is 28.4 Å². The average molecular weight is 338 g/mol. The Morgan fingerprint density at radius 1 is 1.30 bits per heavy atom. The van der Waals surface area contributed by atoms with Gasteiger partial charge < -0.3 is 10.6 Å². The van der Waals surface area contributed by atoms with Crippen LogP contribution in [0.4, 0.5) is 9.93 Å². The smallest absolute Gasteiger partial charge is 0.321 e. The van der Waals surface area contributed by atoms with Gasteiger partial charge in [-0.1, -0.05) is 32.6 Å². The van der Waals surface area contributed by atoms with Crippen LogP contribution in [0.5, 0.6) is 0 Å². The van der Waals surface area contributed by atoms with Crippen LogP contribution in [0.1, 0.15) is 57.6 Å². The Morgan fingerprint density at radius 2 is 2.09 bits per heavy atom. The first-order valence-electron chi connectivity index (χ1n) is 8.46. The van der Waals surface area contributed by atoms with Gasteiger partial charge in [-0.3, -0.25) is 10.1 Å². The first-order valence-corrected chi connectivity index (χ1v) is 9.34. The lowest BCUT2D eigenvalue weighted by molar-refractivity contribution is -0.120. The Bertz CT molecular complexity index is 512. The van der Waals surface area contributed by atoms with Crippen LogP contribution in [0.2, 0.25) is 0 Å². The molecular formula is C16H26N4O2S. The van der Waals surface area contributed by atoms with E-state index in [0.29, 0.717) is 17.4 Å². The summed E-state index contributed by atoms with van der Waals surface area (Å²) < 4.78 is 0. The molecule has 0 radical (unpaired) electrons. The second-order valence-corrected chi connectivity index (χ2v) is 6.82. The molecule has 6 nitrogen and oxygen atoms in total. The molecule has 1 saturated carbocycles. The number of anilines is 1. The number of urea groups is 1. The summed E-state index contributed by atoms with van der Waals surface area (Å²) in [5, 5.41) is 10.9. The van der Waals surface area contributed by atoms with Crippen LogP contribution in [0.25, 0.3) is 0 Å². The van der Waals surface area contributed by atoms with Gasteiger partial charge in [0.25, 0.3) is 0 Å². The predicted molar refractivity (Wildman–Crippen MR) is 92.8 cm³/mol. The van der Waals surface area contributed by atoms with Crippen LogP contribution < -0.4 is 16.0 Å². The number of unbranched alkanes of at least 4 members (excludes halogenated alkanes) is 2. The predicted octanol–water partition coefficient (Wildman–Crippen LogP) is 3.06. The zero-order chi connectivity index (χ0) is 16.5. The monoisotopic (exact) mass is 338 g/mol. The second kappa shape index (κ2) is 9.50. The fourth-order valence-corrected chi connectivity index (χ4v) is 3.37. The lowest BCUT2D eigenvalue weighted by Crippen LogP contribution is -2.36. The molecule has 1 heterocycles. The molecule has 0 saturated heterocycles. The van der Waals surface area contributed by atoms with Crippen molar-refractivity contribution in [1.29, 1.82) is 0 Å². The quantitative estimate of drug-likeness (QED) is 0.637. The van der Waals surface area contributed by atoms with Gasteiger partial charge in [0.2, 0.25) is 5.91 Å². The number of rotatable bonds is 8. The van der Waals surface area contributed by atoms with Crippen LogP contribution >= 0.6 is 11.3 Å². The van der Waals surface area contributed by atoms with E-state index in [1.807, 2.05) is 5.38 Å². The maximum Gasteiger partial charge on any atom is 0.321 e. The van der Waals surface area contributed by atoms with E-state index in [-0.39, 0.29) is 24.4 Å². The molecule has 0 unspecified atom stereocenters. The highest BCUT2D eigenvalue weighted by atomic mass is 32.1. The van der Waals surface area contributed by atoms with Crippen molar-refractivity contribution in [2.75, 3.05) is 11.9 Å². The molecule has 0 aliphatic heterocycles. The molecule has 0 bridgehead atoms. The Kier molecular flexibility index (Phi) is 7.32. The standard InChI is InChI=1S/C16H26N4O2S/c1-2-3-6-9-17-14(21)10-13-11-23-16(19-13)20-15(22)18-12-7-4-5-8-12/h11-12H,2-10H2,1H3,(H,17,21)(H2,18,19,20,22). The maximum atomic E-state index is 11.9. The minimum atomic E-state index is -0.207. The highest BCUT2D eigenvalue weighted by molar-refractivity contribution is 7.13. The summed E-state index contributed by atoms with van der Waals surface area (Å²) in [6.45, 7) is 2.85. The summed E-state index contributed by atoms with van der Waals surface area (Å²) >= 11 is 1.35. The van der Waals surface area contributed by atoms with Crippen molar-refractivity contribution in [2.24, 2.45) is 0 Å². The molecular weight excluding hydrogens is 312 g/mol. The molecule has 1 aromatic heterocycles. The molecule has 1 aliphatic carbocycles. The summed E-state index contributed by atoms with van der Waals surface area (Å²) in [5.74, 6) is -0.0200. The van der Waals surface area contributed by atoms with E-state index < -0.39 is 0 Å². The molecule has 0 aromatic carbocycles. The SMILES string of the molecule is CCCCCNC(=O)Cc1csc(NC(=O)NC2CCCC2)n1. The number of thiazole rings is 1. The zero-order valence-corrected chi connectivity index (χ0v) is 14.5. The molecule has 0 atom stereocenters. The van der Waals surface area contributed by atoms with Gasteiger partial charge in [-0.2, -0.15) is 0 Å². The summed E-state index contributed by atoms with van der Waals surface area (Å²) in [4.78, 5) is 28.0. The summed E-state index contributed by atoms with van der Waals surface area (Å²) in [6.07, 6.45) is 7.99. The van der Waals surface area contributed by atoms with Gasteiger partial charge in [-0.05, 0) is 19.3 Å². The van der Waals surface area contributed by atoms with Crippen LogP contribution in [0.15, 0.2) is 5.38 Å². The summed E-state index contributed by atoms with van der Waals surface area (Å²) in [7, 11) is 0. The number of nitrogens with zero attached hydrogens (tertiary/aromatic N) is 1. The van der Waals surface area contributed by atoms with Crippen molar-refractivity contribution in [3.63, 3.8) is 0 Å². The normalized spacial score (nSPS) is 14.7. The molecule has 1 aliphatic rings. The Hall–Kier alpha value is -1.63. The Balaban J connectivity index is 1.69. The van der Waals surface area contributed by atoms with Gasteiger partial charge in [0.15, 0.2) is 5.13 Å². The lowest BCUT2D eigenvalue weighted by Gasteiger charge is -2.11. The van der Waals surface area contributed by atoms with E-state index in [2.05, 4.69) is 27.9 Å². The second-order valence-electron chi connectivity index (χ2n) is 5.96. The maximum absolute atomic E-state index is 11.9. The molecule has 3 amide bonds. The van der Waals surface area contributed by atoms with Crippen LogP contribution in [0.3, 0.4) is 0 Å². The van der Waals surface area contributed by atoms with Crippen molar-refractivity contribution in [3.05, 3.63) is 11.1 Å². The van der Waals surface area contributed by atoms with E-state index >= 15 is 0 Å². The summed E-state index contributed by atoms with van der Waals surface area (Å²) in [5.41, 5.74) is 0.694. The fourth-order valence-electron chi connectivity index (χ4n) is 2.66. The number of carbonyl (C=O) groups is 2. The highest BCUT2D eigenvalue weighted by Gasteiger charge is 2.17. The number of hydrogen-bond acceptors (Lipinski definition) is 4. The molecule has 7 heteroatoms. The number of aromatic nitrogens is 1. The fraction of sp³-hybridized carbons (Fsp3) is 0.688. The Morgan fingerprint density at radius 3 is 2.83 bits per heavy atom. The number of hydrogen-bond donors (Lipinski definition) is 3. The molecule has 0 spiro atoms. The first kappa shape index (κ1) is 17.7. The van der Waals surface area contributed by atoms with E-state index in [1.54, 1.807) is 0 Å². The number of nitrogens with one attached hydrogen (secondary N) is 3. The van der Waals surface area contributed by atoms with Crippen LogP contribution in [0, 0.1) is 0 Å². The van der Waals surface area contributed by atoms with Crippen LogP contribution in [-0.4, -0.2) is 29.5 Å². The zero-order valence-electron chi connectivity index (χ0n) is 13.7. The topological polar surface area (TPSA) is 83.1 Å². The molecule has 1 aromatic rings. The molecule has 128 valence electrons. The summed E-state index contributed by atoms with van der Waals surface area (Å²) in [6, 6.07) is 0.0742. The minimum Gasteiger partial charge on any atom is -0.356 e. The first-order chi connectivity index (χ1) is 11.2. The number of carbonyl (C=O) groups excluding carboxylic acids is 2. The van der Waals surface area contributed by atoms with Gasteiger partial charge >= 0.3 is 6.03 Å². The average Bonchev–Trinajstić information content (AvgIpc) is 3.16. The molecule has 2 rings (SSSR count). The van der Waals surface area contributed by atoms with E-state index in [1.165, 1.54) is 24.2 Å². The van der Waals surface area contributed by atoms with Gasteiger partial charge in [0.1, 0.15) is 0 Å². The largest absolute Gasteiger partial charge is 0.356 e. The van der Waals surface area contributed by atoms with Gasteiger partial charge in [-0.15, -0.1) is 11.3 Å². The molecule has 1 fully saturated rings. The van der Waals surface area contributed by atoms with Crippen molar-refractivity contribution in [1.82, 2.24) is 15.6 Å². The van der Waals surface area contributed by atoms with Crippen molar-refractivity contribution in [3.8, 4) is 0 Å². The minimum absolute atomic E-state index is 0.0200. The third-order valence-corrected chi connectivity index (χ3v) is 4.71. The number of amides is 3. The van der Waals surface area contributed by atoms with E-state index in [0.717, 1.165) is 32.1 Å². The van der Waals surface area contributed by atoms with E-state index in [4.69, 9.17) is 0 Å². The van der Waals surface area contributed by atoms with Crippen molar-refractivity contribution in [2.45, 2.75) is 64.3 Å². The third kappa shape index (κ3) is 6.56.